The van der Waals surface area contributed by atoms with E-state index in [1.807, 2.05) is 13.0 Å². The lowest BCUT2D eigenvalue weighted by molar-refractivity contribution is -0.132. The van der Waals surface area contributed by atoms with Crippen LogP contribution in [0.2, 0.25) is 0 Å². The number of carboxylic acids is 1. The molecule has 0 aromatic carbocycles. The Balaban J connectivity index is 2.50. The summed E-state index contributed by atoms with van der Waals surface area (Å²) in [6.07, 6.45) is 6.17. The summed E-state index contributed by atoms with van der Waals surface area (Å²) < 4.78 is 0. The summed E-state index contributed by atoms with van der Waals surface area (Å²) in [5, 5.41) is 8.95. The number of aliphatic carboxylic acids is 1. The molecule has 1 fully saturated rings. The molecule has 1 aliphatic rings. The first-order valence-corrected chi connectivity index (χ1v) is 6.59. The van der Waals surface area contributed by atoms with Crippen molar-refractivity contribution in [2.75, 3.05) is 19.6 Å². The number of hydrogen-bond acceptors (Lipinski definition) is 2. The quantitative estimate of drug-likeness (QED) is 0.767. The van der Waals surface area contributed by atoms with Crippen LogP contribution in [-0.2, 0) is 4.79 Å². The molecule has 0 unspecified atom stereocenters. The molecular weight excluding hydrogens is 214 g/mol. The van der Waals surface area contributed by atoms with Crippen molar-refractivity contribution in [2.24, 2.45) is 5.41 Å². The Hall–Kier alpha value is -0.830. The summed E-state index contributed by atoms with van der Waals surface area (Å²) >= 11 is 0. The predicted molar refractivity (Wildman–Crippen MR) is 70.1 cm³/mol. The lowest BCUT2D eigenvalue weighted by Gasteiger charge is -2.22. The molecule has 1 heterocycles. The van der Waals surface area contributed by atoms with E-state index < -0.39 is 5.97 Å². The van der Waals surface area contributed by atoms with Gasteiger partial charge in [0.15, 0.2) is 0 Å². The maximum Gasteiger partial charge on any atom is 0.331 e. The minimum atomic E-state index is -0.775. The van der Waals surface area contributed by atoms with E-state index in [1.54, 1.807) is 0 Å². The Labute approximate surface area is 105 Å². The number of nitrogens with zero attached hydrogens (tertiary/aromatic N) is 1. The molecule has 0 aliphatic carbocycles. The largest absolute Gasteiger partial charge is 0.478 e. The van der Waals surface area contributed by atoms with Crippen molar-refractivity contribution in [1.29, 1.82) is 0 Å². The van der Waals surface area contributed by atoms with Gasteiger partial charge in [-0.25, -0.2) is 4.79 Å². The summed E-state index contributed by atoms with van der Waals surface area (Å²) in [4.78, 5) is 13.3. The third-order valence-corrected chi connectivity index (χ3v) is 3.68. The average Bonchev–Trinajstić information content (AvgIpc) is 2.40. The van der Waals surface area contributed by atoms with Gasteiger partial charge in [-0.3, -0.25) is 4.90 Å². The fourth-order valence-corrected chi connectivity index (χ4v) is 2.28. The van der Waals surface area contributed by atoms with Gasteiger partial charge < -0.3 is 5.11 Å². The van der Waals surface area contributed by atoms with Crippen LogP contribution in [0.15, 0.2) is 11.6 Å². The number of carbonyl (C=O) groups is 1. The van der Waals surface area contributed by atoms with E-state index in [0.717, 1.165) is 19.6 Å². The van der Waals surface area contributed by atoms with Crippen molar-refractivity contribution in [3.8, 4) is 0 Å². The minimum absolute atomic E-state index is 0.443. The van der Waals surface area contributed by atoms with Crippen LogP contribution in [0.3, 0.4) is 0 Å². The zero-order chi connectivity index (χ0) is 12.9. The molecule has 0 amide bonds. The maximum absolute atomic E-state index is 10.9. The second-order valence-corrected chi connectivity index (χ2v) is 5.71. The summed E-state index contributed by atoms with van der Waals surface area (Å²) in [6, 6.07) is 0. The Morgan fingerprint density at radius 1 is 1.35 bits per heavy atom. The number of likely N-dealkylation sites (tertiary alicyclic amines) is 1. The Morgan fingerprint density at radius 2 is 2.06 bits per heavy atom. The normalized spacial score (nSPS) is 22.2. The van der Waals surface area contributed by atoms with Crippen LogP contribution >= 0.6 is 0 Å². The highest BCUT2D eigenvalue weighted by atomic mass is 16.4. The smallest absolute Gasteiger partial charge is 0.331 e. The molecule has 17 heavy (non-hydrogen) atoms. The van der Waals surface area contributed by atoms with Gasteiger partial charge >= 0.3 is 5.97 Å². The van der Waals surface area contributed by atoms with E-state index in [0.29, 0.717) is 17.4 Å². The highest BCUT2D eigenvalue weighted by molar-refractivity contribution is 5.86. The van der Waals surface area contributed by atoms with Gasteiger partial charge in [0, 0.05) is 12.1 Å². The fourth-order valence-electron chi connectivity index (χ4n) is 2.28. The highest BCUT2D eigenvalue weighted by Crippen LogP contribution is 2.29. The second-order valence-electron chi connectivity index (χ2n) is 5.71. The van der Waals surface area contributed by atoms with Crippen molar-refractivity contribution >= 4 is 5.97 Å². The van der Waals surface area contributed by atoms with Gasteiger partial charge in [-0.2, -0.15) is 0 Å². The van der Waals surface area contributed by atoms with Crippen LogP contribution in [0.4, 0.5) is 0 Å². The van der Waals surface area contributed by atoms with Gasteiger partial charge in [0.25, 0.3) is 0 Å². The Kier molecular flexibility index (Phi) is 5.19. The standard InChI is InChI=1S/C14H25NO2/c1-4-12(13(16)17)6-10-15-9-5-7-14(2,3)8-11-15/h6H,4-5,7-11H2,1-3H3,(H,16,17). The molecule has 98 valence electrons. The first-order chi connectivity index (χ1) is 7.94. The maximum atomic E-state index is 10.9. The van der Waals surface area contributed by atoms with Gasteiger partial charge in [0.1, 0.15) is 0 Å². The first kappa shape index (κ1) is 14.2. The summed E-state index contributed by atoms with van der Waals surface area (Å²) in [5.41, 5.74) is 0.979. The van der Waals surface area contributed by atoms with Crippen molar-refractivity contribution in [1.82, 2.24) is 4.90 Å². The van der Waals surface area contributed by atoms with E-state index in [4.69, 9.17) is 5.11 Å². The van der Waals surface area contributed by atoms with Crippen LogP contribution in [0, 0.1) is 5.41 Å². The molecule has 0 bridgehead atoms. The third-order valence-electron chi connectivity index (χ3n) is 3.68. The topological polar surface area (TPSA) is 40.5 Å². The first-order valence-electron chi connectivity index (χ1n) is 6.59. The highest BCUT2D eigenvalue weighted by Gasteiger charge is 2.22. The molecule has 1 aliphatic heterocycles. The number of hydrogen-bond donors (Lipinski definition) is 1. The summed E-state index contributed by atoms with van der Waals surface area (Å²) in [6.45, 7) is 9.50. The summed E-state index contributed by atoms with van der Waals surface area (Å²) in [7, 11) is 0. The van der Waals surface area contributed by atoms with Crippen molar-refractivity contribution in [3.63, 3.8) is 0 Å². The van der Waals surface area contributed by atoms with Crippen LogP contribution < -0.4 is 0 Å². The van der Waals surface area contributed by atoms with E-state index in [-0.39, 0.29) is 0 Å². The molecule has 3 nitrogen and oxygen atoms in total. The van der Waals surface area contributed by atoms with E-state index in [9.17, 15) is 4.79 Å². The lowest BCUT2D eigenvalue weighted by Crippen LogP contribution is -2.26. The molecule has 0 atom stereocenters. The Morgan fingerprint density at radius 3 is 2.65 bits per heavy atom. The molecular formula is C14H25NO2. The van der Waals surface area contributed by atoms with Gasteiger partial charge in [-0.1, -0.05) is 26.8 Å². The third kappa shape index (κ3) is 4.90. The van der Waals surface area contributed by atoms with Gasteiger partial charge in [-0.05, 0) is 44.2 Å². The molecule has 1 N–H and O–H groups in total. The van der Waals surface area contributed by atoms with E-state index in [2.05, 4.69) is 18.7 Å². The SMILES string of the molecule is CCC(=CCN1CCCC(C)(C)CC1)C(=O)O. The Bertz CT molecular complexity index is 295. The van der Waals surface area contributed by atoms with E-state index in [1.165, 1.54) is 19.3 Å². The van der Waals surface area contributed by atoms with E-state index >= 15 is 0 Å². The molecule has 0 aromatic rings. The fraction of sp³-hybridized carbons (Fsp3) is 0.786. The second kappa shape index (κ2) is 6.20. The molecule has 1 saturated heterocycles. The van der Waals surface area contributed by atoms with Gasteiger partial charge in [0.05, 0.1) is 0 Å². The van der Waals surface area contributed by atoms with Crippen LogP contribution in [0.25, 0.3) is 0 Å². The van der Waals surface area contributed by atoms with Crippen LogP contribution in [-0.4, -0.2) is 35.6 Å². The van der Waals surface area contributed by atoms with Crippen molar-refractivity contribution in [2.45, 2.75) is 46.5 Å². The molecule has 0 spiro atoms. The van der Waals surface area contributed by atoms with Gasteiger partial charge in [-0.15, -0.1) is 0 Å². The zero-order valence-electron chi connectivity index (χ0n) is 11.3. The van der Waals surface area contributed by atoms with Crippen molar-refractivity contribution < 1.29 is 9.90 Å². The molecule has 0 radical (unpaired) electrons. The van der Waals surface area contributed by atoms with Crippen LogP contribution in [0.5, 0.6) is 0 Å². The average molecular weight is 239 g/mol. The van der Waals surface area contributed by atoms with Crippen LogP contribution in [0.1, 0.15) is 46.5 Å². The summed E-state index contributed by atoms with van der Waals surface area (Å²) in [5.74, 6) is -0.775. The zero-order valence-corrected chi connectivity index (χ0v) is 11.3. The number of carboxylic acid groups (broad SMARTS) is 1. The lowest BCUT2D eigenvalue weighted by atomic mass is 9.85. The molecule has 0 saturated carbocycles. The van der Waals surface area contributed by atoms with Gasteiger partial charge in [0.2, 0.25) is 0 Å². The monoisotopic (exact) mass is 239 g/mol. The number of rotatable bonds is 4. The molecule has 3 heteroatoms. The van der Waals surface area contributed by atoms with Crippen molar-refractivity contribution in [3.05, 3.63) is 11.6 Å². The molecule has 1 rings (SSSR count). The predicted octanol–water partition coefficient (Wildman–Crippen LogP) is 2.92. The molecule has 0 aromatic heterocycles. The minimum Gasteiger partial charge on any atom is -0.478 e.